The Hall–Kier alpha value is -1.13. The summed E-state index contributed by atoms with van der Waals surface area (Å²) < 4.78 is 1.85. The van der Waals surface area contributed by atoms with Crippen molar-refractivity contribution in [3.05, 3.63) is 68.1 Å². The molecule has 2 nitrogen and oxygen atoms in total. The Morgan fingerprint density at radius 2 is 1.79 bits per heavy atom. The van der Waals surface area contributed by atoms with Crippen LogP contribution in [0.4, 0.5) is 0 Å². The molecule has 4 heteroatoms. The van der Waals surface area contributed by atoms with Crippen LogP contribution in [0.2, 0.25) is 0 Å². The lowest BCUT2D eigenvalue weighted by molar-refractivity contribution is 0.0950. The van der Waals surface area contributed by atoms with Gasteiger partial charge in [0, 0.05) is 15.5 Å². The van der Waals surface area contributed by atoms with Gasteiger partial charge >= 0.3 is 0 Å². The summed E-state index contributed by atoms with van der Waals surface area (Å²) in [5, 5.41) is 2.91. The predicted octanol–water partition coefficient (Wildman–Crippen LogP) is 4.45. The molecule has 19 heavy (non-hydrogen) atoms. The second-order valence-corrected chi connectivity index (χ2v) is 6.06. The van der Waals surface area contributed by atoms with Crippen molar-refractivity contribution in [2.75, 3.05) is 0 Å². The second-order valence-electron chi connectivity index (χ2n) is 4.29. The fourth-order valence-electron chi connectivity index (χ4n) is 1.68. The van der Waals surface area contributed by atoms with E-state index < -0.39 is 0 Å². The van der Waals surface area contributed by atoms with E-state index in [2.05, 4.69) is 37.2 Å². The van der Waals surface area contributed by atoms with E-state index >= 15 is 0 Å². The van der Waals surface area contributed by atoms with Crippen LogP contribution in [0.5, 0.6) is 0 Å². The lowest BCUT2D eigenvalue weighted by Gasteiger charge is -2.08. The van der Waals surface area contributed by atoms with Gasteiger partial charge in [0.25, 0.3) is 5.91 Å². The van der Waals surface area contributed by atoms with E-state index in [0.29, 0.717) is 12.1 Å². The monoisotopic (exact) mass is 381 g/mol. The smallest absolute Gasteiger partial charge is 0.252 e. The number of aryl methyl sites for hydroxylation is 1. The molecule has 0 saturated heterocycles. The molecule has 1 N–H and O–H groups in total. The van der Waals surface area contributed by atoms with Crippen molar-refractivity contribution in [3.63, 3.8) is 0 Å². The van der Waals surface area contributed by atoms with Crippen molar-refractivity contribution < 1.29 is 4.79 Å². The normalized spacial score (nSPS) is 10.3. The first kappa shape index (κ1) is 14.3. The molecule has 0 heterocycles. The van der Waals surface area contributed by atoms with E-state index in [-0.39, 0.29) is 5.91 Å². The van der Waals surface area contributed by atoms with Crippen LogP contribution in [0, 0.1) is 6.92 Å². The van der Waals surface area contributed by atoms with Crippen molar-refractivity contribution in [1.82, 2.24) is 5.32 Å². The summed E-state index contributed by atoms with van der Waals surface area (Å²) in [7, 11) is 0. The molecule has 2 aromatic carbocycles. The van der Waals surface area contributed by atoms with Crippen LogP contribution in [-0.4, -0.2) is 5.91 Å². The number of halogens is 2. The quantitative estimate of drug-likeness (QED) is 0.834. The molecule has 0 unspecified atom stereocenters. The van der Waals surface area contributed by atoms with Crippen molar-refractivity contribution in [3.8, 4) is 0 Å². The van der Waals surface area contributed by atoms with Gasteiger partial charge in [0.2, 0.25) is 0 Å². The van der Waals surface area contributed by atoms with Gasteiger partial charge in [-0.2, -0.15) is 0 Å². The van der Waals surface area contributed by atoms with Gasteiger partial charge in [-0.1, -0.05) is 34.1 Å². The van der Waals surface area contributed by atoms with E-state index in [1.165, 1.54) is 0 Å². The lowest BCUT2D eigenvalue weighted by atomic mass is 10.1. The zero-order chi connectivity index (χ0) is 13.8. The molecular weight excluding hydrogens is 370 g/mol. The minimum absolute atomic E-state index is 0.0743. The topological polar surface area (TPSA) is 29.1 Å². The van der Waals surface area contributed by atoms with E-state index in [1.54, 1.807) is 0 Å². The highest BCUT2D eigenvalue weighted by Gasteiger charge is 2.09. The van der Waals surface area contributed by atoms with Crippen LogP contribution in [0.3, 0.4) is 0 Å². The molecule has 0 aliphatic carbocycles. The molecular formula is C15H13Br2NO. The Kier molecular flexibility index (Phi) is 4.77. The lowest BCUT2D eigenvalue weighted by Crippen LogP contribution is -2.23. The molecule has 0 saturated carbocycles. The average molecular weight is 383 g/mol. The standard InChI is InChI=1S/C15H13Br2NO/c1-10-2-7-13(14(17)8-10)15(19)18-9-11-3-5-12(16)6-4-11/h2-8H,9H2,1H3,(H,18,19). The molecule has 0 bridgehead atoms. The zero-order valence-electron chi connectivity index (χ0n) is 10.4. The molecule has 0 aliphatic heterocycles. The van der Waals surface area contributed by atoms with Crippen molar-refractivity contribution in [2.45, 2.75) is 13.5 Å². The molecule has 0 aromatic heterocycles. The van der Waals surface area contributed by atoms with Crippen molar-refractivity contribution >= 4 is 37.8 Å². The van der Waals surface area contributed by atoms with E-state index in [9.17, 15) is 4.79 Å². The highest BCUT2D eigenvalue weighted by molar-refractivity contribution is 9.10. The maximum atomic E-state index is 12.1. The summed E-state index contributed by atoms with van der Waals surface area (Å²) in [5.74, 6) is -0.0743. The van der Waals surface area contributed by atoms with Crippen molar-refractivity contribution in [1.29, 1.82) is 0 Å². The number of rotatable bonds is 3. The SMILES string of the molecule is Cc1ccc(C(=O)NCc2ccc(Br)cc2)c(Br)c1. The van der Waals surface area contributed by atoms with Gasteiger partial charge in [-0.15, -0.1) is 0 Å². The Bertz CT molecular complexity index is 594. The molecule has 0 fully saturated rings. The van der Waals surface area contributed by atoms with Crippen LogP contribution < -0.4 is 5.32 Å². The number of carbonyl (C=O) groups is 1. The van der Waals surface area contributed by atoms with E-state index in [4.69, 9.17) is 0 Å². The summed E-state index contributed by atoms with van der Waals surface area (Å²) in [5.41, 5.74) is 2.85. The number of hydrogen-bond donors (Lipinski definition) is 1. The van der Waals surface area contributed by atoms with Crippen LogP contribution in [-0.2, 0) is 6.54 Å². The highest BCUT2D eigenvalue weighted by atomic mass is 79.9. The van der Waals surface area contributed by atoms with E-state index in [0.717, 1.165) is 20.1 Å². The molecule has 0 atom stereocenters. The van der Waals surface area contributed by atoms with Gasteiger partial charge in [-0.25, -0.2) is 0 Å². The molecule has 2 aromatic rings. The average Bonchev–Trinajstić information content (AvgIpc) is 2.37. The van der Waals surface area contributed by atoms with Gasteiger partial charge in [0.05, 0.1) is 5.56 Å². The summed E-state index contributed by atoms with van der Waals surface area (Å²) in [6, 6.07) is 13.6. The first-order chi connectivity index (χ1) is 9.06. The third-order valence-electron chi connectivity index (χ3n) is 2.74. The first-order valence-corrected chi connectivity index (χ1v) is 7.43. The van der Waals surface area contributed by atoms with Crippen LogP contribution in [0.25, 0.3) is 0 Å². The number of nitrogens with one attached hydrogen (secondary N) is 1. The molecule has 0 radical (unpaired) electrons. The Labute approximate surface area is 129 Å². The second kappa shape index (κ2) is 6.35. The largest absolute Gasteiger partial charge is 0.348 e. The highest BCUT2D eigenvalue weighted by Crippen LogP contribution is 2.18. The number of benzene rings is 2. The molecule has 0 aliphatic rings. The number of carbonyl (C=O) groups excluding carboxylic acids is 1. The summed E-state index contributed by atoms with van der Waals surface area (Å²) >= 11 is 6.80. The minimum Gasteiger partial charge on any atom is -0.348 e. The Morgan fingerprint density at radius 3 is 2.42 bits per heavy atom. The van der Waals surface area contributed by atoms with Crippen LogP contribution in [0.15, 0.2) is 51.4 Å². The summed E-state index contributed by atoms with van der Waals surface area (Å²) in [4.78, 5) is 12.1. The van der Waals surface area contributed by atoms with Crippen LogP contribution >= 0.6 is 31.9 Å². The maximum absolute atomic E-state index is 12.1. The molecule has 98 valence electrons. The number of amides is 1. The van der Waals surface area contributed by atoms with Gasteiger partial charge in [0.15, 0.2) is 0 Å². The van der Waals surface area contributed by atoms with Crippen LogP contribution in [0.1, 0.15) is 21.5 Å². The maximum Gasteiger partial charge on any atom is 0.252 e. The van der Waals surface area contributed by atoms with Gasteiger partial charge in [-0.3, -0.25) is 4.79 Å². The number of hydrogen-bond acceptors (Lipinski definition) is 1. The van der Waals surface area contributed by atoms with Gasteiger partial charge < -0.3 is 5.32 Å². The Balaban J connectivity index is 2.03. The molecule has 0 spiro atoms. The Morgan fingerprint density at radius 1 is 1.11 bits per heavy atom. The predicted molar refractivity (Wildman–Crippen MR) is 84.2 cm³/mol. The van der Waals surface area contributed by atoms with Crippen molar-refractivity contribution in [2.24, 2.45) is 0 Å². The minimum atomic E-state index is -0.0743. The zero-order valence-corrected chi connectivity index (χ0v) is 13.6. The van der Waals surface area contributed by atoms with E-state index in [1.807, 2.05) is 49.4 Å². The fourth-order valence-corrected chi connectivity index (χ4v) is 2.62. The third-order valence-corrected chi connectivity index (χ3v) is 3.92. The first-order valence-electron chi connectivity index (χ1n) is 5.85. The fraction of sp³-hybridized carbons (Fsp3) is 0.133. The summed E-state index contributed by atoms with van der Waals surface area (Å²) in [6.45, 7) is 2.51. The summed E-state index contributed by atoms with van der Waals surface area (Å²) in [6.07, 6.45) is 0. The molecule has 2 rings (SSSR count). The van der Waals surface area contributed by atoms with Gasteiger partial charge in [0.1, 0.15) is 0 Å². The third kappa shape index (κ3) is 3.91. The molecule has 1 amide bonds. The van der Waals surface area contributed by atoms with Gasteiger partial charge in [-0.05, 0) is 58.2 Å².